The summed E-state index contributed by atoms with van der Waals surface area (Å²) in [5.41, 5.74) is -0.493. The van der Waals surface area contributed by atoms with Crippen LogP contribution in [0.4, 0.5) is 0 Å². The summed E-state index contributed by atoms with van der Waals surface area (Å²) in [4.78, 5) is 11.8. The molecule has 0 aromatic carbocycles. The zero-order valence-corrected chi connectivity index (χ0v) is 12.2. The second-order valence-corrected chi connectivity index (χ2v) is 6.95. The third-order valence-corrected chi connectivity index (χ3v) is 4.20. The number of carbonyl (C=O) groups excluding carboxylic acids is 1. The lowest BCUT2D eigenvalue weighted by Gasteiger charge is -2.28. The van der Waals surface area contributed by atoms with Gasteiger partial charge in [0.1, 0.15) is 5.54 Å². The van der Waals surface area contributed by atoms with Gasteiger partial charge in [-0.1, -0.05) is 13.8 Å². The van der Waals surface area contributed by atoms with Crippen molar-refractivity contribution < 1.29 is 9.53 Å². The second-order valence-electron chi connectivity index (χ2n) is 5.27. The fourth-order valence-electron chi connectivity index (χ4n) is 1.88. The van der Waals surface area contributed by atoms with Crippen LogP contribution in [0.3, 0.4) is 0 Å². The van der Waals surface area contributed by atoms with Gasteiger partial charge in [0.15, 0.2) is 0 Å². The molecule has 0 radical (unpaired) electrons. The van der Waals surface area contributed by atoms with E-state index in [0.717, 1.165) is 18.6 Å². The summed E-state index contributed by atoms with van der Waals surface area (Å²) < 4.78 is 4.91. The van der Waals surface area contributed by atoms with E-state index in [0.29, 0.717) is 11.3 Å². The van der Waals surface area contributed by atoms with Gasteiger partial charge in [-0.3, -0.25) is 10.1 Å². The zero-order chi connectivity index (χ0) is 12.9. The highest BCUT2D eigenvalue weighted by Gasteiger charge is 2.38. The van der Waals surface area contributed by atoms with E-state index in [1.54, 1.807) is 0 Å². The first-order valence-corrected chi connectivity index (χ1v) is 7.50. The molecule has 0 aromatic rings. The van der Waals surface area contributed by atoms with Crippen molar-refractivity contribution in [1.29, 1.82) is 0 Å². The van der Waals surface area contributed by atoms with Crippen molar-refractivity contribution in [2.75, 3.05) is 12.9 Å². The molecule has 1 saturated carbocycles. The lowest BCUT2D eigenvalue weighted by molar-refractivity contribution is -0.148. The first-order chi connectivity index (χ1) is 7.98. The number of hydrogen-bond donors (Lipinski definition) is 1. The fourth-order valence-corrected chi connectivity index (χ4v) is 2.66. The maximum absolute atomic E-state index is 11.8. The zero-order valence-electron chi connectivity index (χ0n) is 11.4. The SMILES string of the molecule is COC(=O)C(C)(CCCSC(C)C)NC1CC1. The Balaban J connectivity index is 2.36. The number of nitrogens with one attached hydrogen (secondary N) is 1. The molecule has 1 aliphatic rings. The van der Waals surface area contributed by atoms with E-state index in [1.807, 2.05) is 18.7 Å². The third-order valence-electron chi connectivity index (χ3n) is 3.01. The van der Waals surface area contributed by atoms with Crippen molar-refractivity contribution in [3.05, 3.63) is 0 Å². The van der Waals surface area contributed by atoms with Gasteiger partial charge in [-0.2, -0.15) is 11.8 Å². The summed E-state index contributed by atoms with van der Waals surface area (Å²) in [5.74, 6) is 0.982. The van der Waals surface area contributed by atoms with Crippen molar-refractivity contribution in [3.63, 3.8) is 0 Å². The Kier molecular flexibility index (Phi) is 5.80. The molecule has 0 bridgehead atoms. The fraction of sp³-hybridized carbons (Fsp3) is 0.923. The number of rotatable bonds is 8. The van der Waals surface area contributed by atoms with E-state index in [-0.39, 0.29) is 5.97 Å². The molecule has 17 heavy (non-hydrogen) atoms. The van der Waals surface area contributed by atoms with Crippen LogP contribution in [0.15, 0.2) is 0 Å². The highest BCUT2D eigenvalue weighted by atomic mass is 32.2. The molecule has 1 fully saturated rings. The number of methoxy groups -OCH3 is 1. The van der Waals surface area contributed by atoms with Gasteiger partial charge in [-0.25, -0.2) is 0 Å². The van der Waals surface area contributed by atoms with Gasteiger partial charge >= 0.3 is 5.97 Å². The number of ether oxygens (including phenoxy) is 1. The summed E-state index contributed by atoms with van der Waals surface area (Å²) in [7, 11) is 1.47. The lowest BCUT2D eigenvalue weighted by Crippen LogP contribution is -2.51. The van der Waals surface area contributed by atoms with E-state index in [2.05, 4.69) is 19.2 Å². The number of carbonyl (C=O) groups is 1. The summed E-state index contributed by atoms with van der Waals surface area (Å²) >= 11 is 1.95. The topological polar surface area (TPSA) is 38.3 Å². The number of hydrogen-bond acceptors (Lipinski definition) is 4. The van der Waals surface area contributed by atoms with Gasteiger partial charge in [0.25, 0.3) is 0 Å². The minimum Gasteiger partial charge on any atom is -0.468 e. The number of esters is 1. The van der Waals surface area contributed by atoms with Crippen LogP contribution >= 0.6 is 11.8 Å². The molecule has 0 aliphatic heterocycles. The lowest BCUT2D eigenvalue weighted by atomic mass is 9.96. The first kappa shape index (κ1) is 14.8. The van der Waals surface area contributed by atoms with E-state index in [1.165, 1.54) is 20.0 Å². The predicted molar refractivity (Wildman–Crippen MR) is 73.4 cm³/mol. The van der Waals surface area contributed by atoms with Crippen molar-refractivity contribution in [1.82, 2.24) is 5.32 Å². The molecule has 4 heteroatoms. The standard InChI is InChI=1S/C13H25NO2S/c1-10(2)17-9-5-8-13(3,12(15)16-4)14-11-6-7-11/h10-11,14H,5-9H2,1-4H3. The van der Waals surface area contributed by atoms with Crippen LogP contribution in [-0.4, -0.2) is 35.7 Å². The molecule has 1 aliphatic carbocycles. The molecule has 0 amide bonds. The summed E-state index contributed by atoms with van der Waals surface area (Å²) in [5, 5.41) is 4.09. The van der Waals surface area contributed by atoms with Gasteiger partial charge in [0.05, 0.1) is 7.11 Å². The van der Waals surface area contributed by atoms with Crippen LogP contribution in [0.2, 0.25) is 0 Å². The Morgan fingerprint density at radius 1 is 1.53 bits per heavy atom. The summed E-state index contributed by atoms with van der Waals surface area (Å²) in [6.45, 7) is 6.37. The maximum Gasteiger partial charge on any atom is 0.325 e. The number of thioether (sulfide) groups is 1. The molecule has 0 saturated heterocycles. The molecule has 1 rings (SSSR count). The van der Waals surface area contributed by atoms with Gasteiger partial charge in [-0.05, 0) is 43.6 Å². The predicted octanol–water partition coefficient (Wildman–Crippen LogP) is 2.59. The third kappa shape index (κ3) is 5.30. The molecular formula is C13H25NO2S. The van der Waals surface area contributed by atoms with Gasteiger partial charge in [-0.15, -0.1) is 0 Å². The van der Waals surface area contributed by atoms with Crippen molar-refractivity contribution in [2.45, 2.75) is 63.3 Å². The molecule has 100 valence electrons. The minimum atomic E-state index is -0.493. The molecular weight excluding hydrogens is 234 g/mol. The van der Waals surface area contributed by atoms with Crippen LogP contribution in [0.25, 0.3) is 0 Å². The van der Waals surface area contributed by atoms with Crippen LogP contribution in [0.5, 0.6) is 0 Å². The van der Waals surface area contributed by atoms with Gasteiger partial charge in [0, 0.05) is 6.04 Å². The Bertz CT molecular complexity index is 254. The van der Waals surface area contributed by atoms with Crippen molar-refractivity contribution in [3.8, 4) is 0 Å². The average Bonchev–Trinajstić information content (AvgIpc) is 3.06. The monoisotopic (exact) mass is 259 g/mol. The highest BCUT2D eigenvalue weighted by molar-refractivity contribution is 7.99. The summed E-state index contributed by atoms with van der Waals surface area (Å²) in [6.07, 6.45) is 4.28. The second kappa shape index (κ2) is 6.64. The van der Waals surface area contributed by atoms with E-state index in [9.17, 15) is 4.79 Å². The van der Waals surface area contributed by atoms with Gasteiger partial charge in [0.2, 0.25) is 0 Å². The Hall–Kier alpha value is -0.220. The van der Waals surface area contributed by atoms with E-state index >= 15 is 0 Å². The van der Waals surface area contributed by atoms with E-state index < -0.39 is 5.54 Å². The average molecular weight is 259 g/mol. The van der Waals surface area contributed by atoms with Crippen molar-refractivity contribution >= 4 is 17.7 Å². The molecule has 0 spiro atoms. The van der Waals surface area contributed by atoms with Crippen LogP contribution in [0.1, 0.15) is 46.5 Å². The maximum atomic E-state index is 11.8. The van der Waals surface area contributed by atoms with Crippen LogP contribution < -0.4 is 5.32 Å². The highest BCUT2D eigenvalue weighted by Crippen LogP contribution is 2.26. The Morgan fingerprint density at radius 2 is 2.18 bits per heavy atom. The normalized spacial score (nSPS) is 19.1. The first-order valence-electron chi connectivity index (χ1n) is 6.45. The largest absolute Gasteiger partial charge is 0.468 e. The molecule has 3 nitrogen and oxygen atoms in total. The molecule has 0 heterocycles. The minimum absolute atomic E-state index is 0.126. The van der Waals surface area contributed by atoms with E-state index in [4.69, 9.17) is 4.74 Å². The Labute approximate surface area is 109 Å². The van der Waals surface area contributed by atoms with Crippen molar-refractivity contribution in [2.24, 2.45) is 0 Å². The quantitative estimate of drug-likeness (QED) is 0.537. The Morgan fingerprint density at radius 3 is 2.65 bits per heavy atom. The molecule has 1 N–H and O–H groups in total. The molecule has 0 aromatic heterocycles. The summed E-state index contributed by atoms with van der Waals surface area (Å²) in [6, 6.07) is 0.525. The van der Waals surface area contributed by atoms with Crippen LogP contribution in [0, 0.1) is 0 Å². The molecule has 1 atom stereocenters. The smallest absolute Gasteiger partial charge is 0.325 e. The molecule has 1 unspecified atom stereocenters. The van der Waals surface area contributed by atoms with Gasteiger partial charge < -0.3 is 4.74 Å². The van der Waals surface area contributed by atoms with Crippen LogP contribution in [-0.2, 0) is 9.53 Å².